The molecule has 5 nitrogen and oxygen atoms in total. The molecule has 0 aliphatic carbocycles. The van der Waals surface area contributed by atoms with Gasteiger partial charge in [-0.1, -0.05) is 18.2 Å². The van der Waals surface area contributed by atoms with Crippen molar-refractivity contribution in [3.05, 3.63) is 35.9 Å². The van der Waals surface area contributed by atoms with Gasteiger partial charge in [-0.05, 0) is 28.0 Å². The number of phenolic OH excluding ortho intramolecular Hbond substituents is 1. The Morgan fingerprint density at radius 2 is 2.00 bits per heavy atom. The molecule has 1 aliphatic rings. The number of aromatic hydroxyl groups is 1. The molecule has 0 bridgehead atoms. The zero-order valence-corrected chi connectivity index (χ0v) is 7.73. The third kappa shape index (κ3) is 1.03. The van der Waals surface area contributed by atoms with Gasteiger partial charge in [0.15, 0.2) is 0 Å². The summed E-state index contributed by atoms with van der Waals surface area (Å²) in [5.74, 6) is 0.189. The zero-order valence-electron chi connectivity index (χ0n) is 7.73. The third-order valence-corrected chi connectivity index (χ3v) is 2.47. The SMILES string of the molecule is [N-]=[N+]1Nc2ccc3cccc(O)c3c2N1. The summed E-state index contributed by atoms with van der Waals surface area (Å²) in [7, 11) is 0. The van der Waals surface area contributed by atoms with Crippen molar-refractivity contribution >= 4 is 22.1 Å². The van der Waals surface area contributed by atoms with Crippen molar-refractivity contribution in [2.75, 3.05) is 10.9 Å². The zero-order chi connectivity index (χ0) is 10.4. The number of nitrogens with zero attached hydrogens (tertiary/aromatic N) is 2. The van der Waals surface area contributed by atoms with Gasteiger partial charge in [0.25, 0.3) is 0 Å². The highest BCUT2D eigenvalue weighted by Crippen LogP contribution is 2.39. The number of anilines is 2. The lowest BCUT2D eigenvalue weighted by atomic mass is 10.1. The largest absolute Gasteiger partial charge is 0.507 e. The van der Waals surface area contributed by atoms with Crippen LogP contribution in [0.5, 0.6) is 5.75 Å². The molecule has 2 aromatic carbocycles. The summed E-state index contributed by atoms with van der Waals surface area (Å²) in [4.78, 5) is 0.760. The number of nitrogens with one attached hydrogen (secondary N) is 2. The quantitative estimate of drug-likeness (QED) is 0.571. The Balaban J connectivity index is 2.43. The number of rotatable bonds is 0. The minimum atomic E-state index is 0.189. The van der Waals surface area contributed by atoms with E-state index in [4.69, 9.17) is 0 Å². The summed E-state index contributed by atoms with van der Waals surface area (Å²) >= 11 is 0. The molecule has 0 saturated carbocycles. The van der Waals surface area contributed by atoms with Crippen molar-refractivity contribution in [2.45, 2.75) is 0 Å². The van der Waals surface area contributed by atoms with Crippen molar-refractivity contribution in [3.8, 4) is 5.75 Å². The van der Waals surface area contributed by atoms with Gasteiger partial charge < -0.3 is 5.11 Å². The Labute approximate surface area is 85.4 Å². The second kappa shape index (κ2) is 2.60. The van der Waals surface area contributed by atoms with Gasteiger partial charge in [-0.3, -0.25) is 0 Å². The van der Waals surface area contributed by atoms with Crippen LogP contribution in [0, 0.1) is 0 Å². The first-order valence-corrected chi connectivity index (χ1v) is 4.53. The number of fused-ring (bicyclic) bond motifs is 3. The number of hydrogen-bond acceptors (Lipinski definition) is 1. The Kier molecular flexibility index (Phi) is 1.39. The van der Waals surface area contributed by atoms with Crippen molar-refractivity contribution < 1.29 is 10.0 Å². The fraction of sp³-hybridized carbons (Fsp3) is 0. The van der Waals surface area contributed by atoms with Crippen LogP contribution in [0.25, 0.3) is 16.3 Å². The van der Waals surface area contributed by atoms with Crippen molar-refractivity contribution in [3.63, 3.8) is 0 Å². The molecule has 0 fully saturated rings. The van der Waals surface area contributed by atoms with E-state index in [1.54, 1.807) is 12.1 Å². The molecule has 5 heteroatoms. The van der Waals surface area contributed by atoms with Crippen LogP contribution in [0.1, 0.15) is 0 Å². The monoisotopic (exact) mass is 200 g/mol. The van der Waals surface area contributed by atoms with E-state index in [0.29, 0.717) is 11.1 Å². The summed E-state index contributed by atoms with van der Waals surface area (Å²) in [5.41, 5.74) is 16.0. The maximum absolute atomic E-state index is 9.75. The maximum Gasteiger partial charge on any atom is 0.124 e. The number of phenols is 1. The first-order valence-electron chi connectivity index (χ1n) is 4.53. The fourth-order valence-electron chi connectivity index (χ4n) is 1.82. The molecule has 0 atom stereocenters. The van der Waals surface area contributed by atoms with Gasteiger partial charge in [0.2, 0.25) is 0 Å². The molecule has 3 rings (SSSR count). The van der Waals surface area contributed by atoms with E-state index < -0.39 is 0 Å². The molecule has 0 amide bonds. The number of benzene rings is 2. The van der Waals surface area contributed by atoms with Crippen LogP contribution in [0.15, 0.2) is 30.3 Å². The van der Waals surface area contributed by atoms with Gasteiger partial charge >= 0.3 is 0 Å². The van der Waals surface area contributed by atoms with Gasteiger partial charge in [0, 0.05) is 5.39 Å². The maximum atomic E-state index is 9.75. The van der Waals surface area contributed by atoms with Crippen LogP contribution in [0.2, 0.25) is 0 Å². The molecule has 74 valence electrons. The topological polar surface area (TPSA) is 69.6 Å². The molecule has 0 radical (unpaired) electrons. The number of hydrogen-bond donors (Lipinski definition) is 3. The highest BCUT2D eigenvalue weighted by atomic mass is 16.3. The fourth-order valence-corrected chi connectivity index (χ4v) is 1.82. The van der Waals surface area contributed by atoms with E-state index in [1.165, 1.54) is 0 Å². The lowest BCUT2D eigenvalue weighted by Gasteiger charge is -2.05. The first-order chi connectivity index (χ1) is 7.25. The van der Waals surface area contributed by atoms with Crippen LogP contribution in [0.4, 0.5) is 11.4 Å². The average Bonchev–Trinajstić information content (AvgIpc) is 2.58. The highest BCUT2D eigenvalue weighted by Gasteiger charge is 2.17. The van der Waals surface area contributed by atoms with Crippen LogP contribution < -0.4 is 10.9 Å². The molecule has 0 spiro atoms. The van der Waals surface area contributed by atoms with E-state index >= 15 is 0 Å². The molecule has 15 heavy (non-hydrogen) atoms. The minimum absolute atomic E-state index is 0.189. The second-order valence-corrected chi connectivity index (χ2v) is 3.40. The predicted octanol–water partition coefficient (Wildman–Crippen LogP) is 2.25. The van der Waals surface area contributed by atoms with E-state index in [2.05, 4.69) is 10.9 Å². The van der Waals surface area contributed by atoms with Crippen LogP contribution >= 0.6 is 0 Å². The van der Waals surface area contributed by atoms with Gasteiger partial charge in [-0.15, -0.1) is 0 Å². The second-order valence-electron chi connectivity index (χ2n) is 3.40. The molecule has 0 saturated heterocycles. The molecule has 0 aromatic heterocycles. The van der Waals surface area contributed by atoms with Gasteiger partial charge in [0.05, 0.1) is 11.4 Å². The smallest absolute Gasteiger partial charge is 0.124 e. The Hall–Kier alpha value is -2.30. The Morgan fingerprint density at radius 3 is 2.87 bits per heavy atom. The first kappa shape index (κ1) is 8.05. The van der Waals surface area contributed by atoms with Crippen LogP contribution in [-0.2, 0) is 0 Å². The summed E-state index contributed by atoms with van der Waals surface area (Å²) in [6, 6.07) is 9.01. The van der Waals surface area contributed by atoms with E-state index in [-0.39, 0.29) is 5.75 Å². The molecule has 0 unspecified atom stereocenters. The summed E-state index contributed by atoms with van der Waals surface area (Å²) in [6.07, 6.45) is 0. The van der Waals surface area contributed by atoms with Crippen LogP contribution in [-0.4, -0.2) is 10.0 Å². The van der Waals surface area contributed by atoms with Crippen molar-refractivity contribution in [1.82, 2.24) is 0 Å². The lowest BCUT2D eigenvalue weighted by Crippen LogP contribution is -2.12. The predicted molar refractivity (Wildman–Crippen MR) is 56.5 cm³/mol. The summed E-state index contributed by atoms with van der Waals surface area (Å²) in [6.45, 7) is 0. The van der Waals surface area contributed by atoms with E-state index in [1.807, 2.05) is 18.2 Å². The molecular weight excluding hydrogens is 192 g/mol. The Morgan fingerprint density at radius 1 is 1.13 bits per heavy atom. The van der Waals surface area contributed by atoms with E-state index in [0.717, 1.165) is 16.0 Å². The van der Waals surface area contributed by atoms with Gasteiger partial charge in [-0.2, -0.15) is 0 Å². The molecule has 3 N–H and O–H groups in total. The van der Waals surface area contributed by atoms with E-state index in [9.17, 15) is 10.6 Å². The third-order valence-electron chi connectivity index (χ3n) is 2.47. The normalized spacial score (nSPS) is 13.5. The summed E-state index contributed by atoms with van der Waals surface area (Å²) in [5, 5.41) is 11.4. The molecule has 2 aromatic rings. The molecule has 1 aliphatic heterocycles. The lowest BCUT2D eigenvalue weighted by molar-refractivity contribution is -0.478. The summed E-state index contributed by atoms with van der Waals surface area (Å²) < 4.78 is 0. The average molecular weight is 200 g/mol. The van der Waals surface area contributed by atoms with Crippen molar-refractivity contribution in [2.24, 2.45) is 0 Å². The van der Waals surface area contributed by atoms with Gasteiger partial charge in [-0.25, -0.2) is 10.9 Å². The van der Waals surface area contributed by atoms with Crippen LogP contribution in [0.3, 0.4) is 0 Å². The molecular formula is C10H8N4O. The molecule has 1 heterocycles. The standard InChI is InChI=1S/C10H8N4O/c11-14-12-7-5-4-6-2-1-3-8(15)9(6)10(7)13-14/h1-5,12-13,15H. The van der Waals surface area contributed by atoms with Crippen molar-refractivity contribution in [1.29, 1.82) is 0 Å². The highest BCUT2D eigenvalue weighted by molar-refractivity contribution is 6.03. The number of hydrazine groups is 2. The van der Waals surface area contributed by atoms with Gasteiger partial charge in [0.1, 0.15) is 5.75 Å². The minimum Gasteiger partial charge on any atom is -0.507 e. The Bertz CT molecular complexity index is 579.